The molecule has 7 nitrogen and oxygen atoms in total. The fourth-order valence-corrected chi connectivity index (χ4v) is 6.69. The molecule has 6 rings (SSSR count). The zero-order valence-corrected chi connectivity index (χ0v) is 19.6. The Morgan fingerprint density at radius 3 is 2.72 bits per heavy atom. The van der Waals surface area contributed by atoms with Crippen molar-refractivity contribution in [1.82, 2.24) is 4.90 Å². The molecule has 8 heteroatoms. The lowest BCUT2D eigenvalue weighted by Gasteiger charge is -2.64. The van der Waals surface area contributed by atoms with Gasteiger partial charge < -0.3 is 24.3 Å². The molecule has 2 amide bonds. The minimum Gasteiger partial charge on any atom is -0.496 e. The summed E-state index contributed by atoms with van der Waals surface area (Å²) in [5.41, 5.74) is 1.10. The molecule has 0 aromatic heterocycles. The smallest absolute Gasteiger partial charge is 0.481 e. The maximum absolute atomic E-state index is 13.5. The van der Waals surface area contributed by atoms with Gasteiger partial charge >= 0.3 is 7.12 Å². The Balaban J connectivity index is 1.36. The van der Waals surface area contributed by atoms with E-state index in [0.717, 1.165) is 19.3 Å². The molecule has 1 aromatic carbocycles. The van der Waals surface area contributed by atoms with Crippen molar-refractivity contribution in [2.75, 3.05) is 19.0 Å². The number of benzene rings is 1. The summed E-state index contributed by atoms with van der Waals surface area (Å²) in [6.45, 7) is 9.04. The molecule has 2 heterocycles. The van der Waals surface area contributed by atoms with Crippen LogP contribution in [0.15, 0.2) is 18.2 Å². The number of nitrogens with one attached hydrogen (secondary N) is 1. The van der Waals surface area contributed by atoms with E-state index in [1.54, 1.807) is 18.2 Å². The van der Waals surface area contributed by atoms with Crippen molar-refractivity contribution in [2.24, 2.45) is 17.3 Å². The van der Waals surface area contributed by atoms with E-state index < -0.39 is 7.12 Å². The third kappa shape index (κ3) is 3.17. The Labute approximate surface area is 190 Å². The quantitative estimate of drug-likeness (QED) is 0.725. The number of hydrogen-bond acceptors (Lipinski definition) is 5. The maximum atomic E-state index is 13.5. The average molecular weight is 440 g/mol. The number of methoxy groups -OCH3 is 1. The van der Waals surface area contributed by atoms with Gasteiger partial charge in [0.2, 0.25) is 5.91 Å². The molecule has 2 bridgehead atoms. The van der Waals surface area contributed by atoms with Crippen LogP contribution < -0.4 is 10.1 Å². The first kappa shape index (κ1) is 21.8. The number of hydrogen-bond donors (Lipinski definition) is 1. The first-order valence-electron chi connectivity index (χ1n) is 11.7. The van der Waals surface area contributed by atoms with E-state index in [-0.39, 0.29) is 34.9 Å². The third-order valence-corrected chi connectivity index (χ3v) is 8.60. The second-order valence-corrected chi connectivity index (χ2v) is 10.6. The van der Waals surface area contributed by atoms with E-state index in [0.29, 0.717) is 35.4 Å². The molecule has 172 valence electrons. The predicted octanol–water partition coefficient (Wildman–Crippen LogP) is 3.53. The molecule has 1 N–H and O–H groups in total. The van der Waals surface area contributed by atoms with E-state index in [4.69, 9.17) is 14.0 Å². The molecule has 5 atom stereocenters. The van der Waals surface area contributed by atoms with E-state index in [9.17, 15) is 9.59 Å². The van der Waals surface area contributed by atoms with Crippen LogP contribution in [0.5, 0.6) is 5.75 Å². The molecule has 32 heavy (non-hydrogen) atoms. The third-order valence-electron chi connectivity index (χ3n) is 8.60. The fraction of sp³-hybridized carbons (Fsp3) is 0.667. The highest BCUT2D eigenvalue weighted by molar-refractivity contribution is 6.48. The zero-order valence-electron chi connectivity index (χ0n) is 19.6. The van der Waals surface area contributed by atoms with Crippen molar-refractivity contribution in [3.8, 4) is 5.75 Å². The number of carbonyl (C=O) groups is 2. The van der Waals surface area contributed by atoms with Crippen LogP contribution in [0.3, 0.4) is 0 Å². The summed E-state index contributed by atoms with van der Waals surface area (Å²) in [5, 5.41) is 2.73. The van der Waals surface area contributed by atoms with Crippen molar-refractivity contribution < 1.29 is 23.6 Å². The molecule has 2 aliphatic heterocycles. The lowest BCUT2D eigenvalue weighted by Crippen LogP contribution is -2.65. The molecule has 0 radical (unpaired) electrons. The van der Waals surface area contributed by atoms with Crippen LogP contribution in [-0.4, -0.2) is 55.1 Å². The molecule has 3 saturated carbocycles. The average Bonchev–Trinajstić information content (AvgIpc) is 3.36. The fourth-order valence-electron chi connectivity index (χ4n) is 6.69. The van der Waals surface area contributed by atoms with Crippen LogP contribution in [0, 0.1) is 17.3 Å². The van der Waals surface area contributed by atoms with Crippen LogP contribution in [0.4, 0.5) is 5.69 Å². The van der Waals surface area contributed by atoms with Crippen LogP contribution in [0.25, 0.3) is 0 Å². The first-order valence-corrected chi connectivity index (χ1v) is 11.7. The zero-order chi connectivity index (χ0) is 22.8. The number of rotatable bonds is 4. The Morgan fingerprint density at radius 2 is 2.03 bits per heavy atom. The van der Waals surface area contributed by atoms with Gasteiger partial charge in [0.1, 0.15) is 5.75 Å². The largest absolute Gasteiger partial charge is 0.496 e. The van der Waals surface area contributed by atoms with Crippen molar-refractivity contribution in [3.63, 3.8) is 0 Å². The van der Waals surface area contributed by atoms with E-state index in [1.807, 2.05) is 4.90 Å². The molecule has 5 aliphatic rings. The number of nitrogens with zero attached hydrogens (tertiary/aromatic N) is 1. The van der Waals surface area contributed by atoms with Gasteiger partial charge in [-0.3, -0.25) is 9.59 Å². The Kier molecular flexibility index (Phi) is 5.09. The van der Waals surface area contributed by atoms with Crippen molar-refractivity contribution >= 4 is 24.6 Å². The van der Waals surface area contributed by atoms with Gasteiger partial charge in [0.15, 0.2) is 0 Å². The number of amides is 2. The summed E-state index contributed by atoms with van der Waals surface area (Å²) in [7, 11) is 1.14. The van der Waals surface area contributed by atoms with Gasteiger partial charge in [-0.1, -0.05) is 13.8 Å². The number of carbonyl (C=O) groups excluding carboxylic acids is 2. The Bertz CT molecular complexity index is 952. The van der Waals surface area contributed by atoms with Crippen molar-refractivity contribution in [1.29, 1.82) is 0 Å². The minimum atomic E-state index is -0.392. The molecule has 1 aromatic rings. The highest BCUT2D eigenvalue weighted by atomic mass is 16.7. The lowest BCUT2D eigenvalue weighted by atomic mass is 9.43. The topological polar surface area (TPSA) is 77.1 Å². The molecule has 5 fully saturated rings. The predicted molar refractivity (Wildman–Crippen MR) is 121 cm³/mol. The van der Waals surface area contributed by atoms with Crippen molar-refractivity contribution in [3.05, 3.63) is 23.8 Å². The van der Waals surface area contributed by atoms with Gasteiger partial charge in [0, 0.05) is 25.2 Å². The van der Waals surface area contributed by atoms with E-state index in [1.165, 1.54) is 20.5 Å². The van der Waals surface area contributed by atoms with Gasteiger partial charge in [-0.05, 0) is 62.0 Å². The molecule has 2 saturated heterocycles. The summed E-state index contributed by atoms with van der Waals surface area (Å²) in [6, 6.07) is 5.14. The van der Waals surface area contributed by atoms with E-state index in [2.05, 4.69) is 26.1 Å². The molecule has 0 spiro atoms. The maximum Gasteiger partial charge on any atom is 0.481 e. The second-order valence-electron chi connectivity index (χ2n) is 10.6. The highest BCUT2D eigenvalue weighted by Gasteiger charge is 2.69. The van der Waals surface area contributed by atoms with Crippen LogP contribution in [0.1, 0.15) is 63.7 Å². The summed E-state index contributed by atoms with van der Waals surface area (Å²) in [6.07, 6.45) is 4.14. The van der Waals surface area contributed by atoms with Gasteiger partial charge in [-0.2, -0.15) is 0 Å². The van der Waals surface area contributed by atoms with Gasteiger partial charge in [0.25, 0.3) is 5.91 Å². The van der Waals surface area contributed by atoms with Crippen LogP contribution in [-0.2, 0) is 14.1 Å². The van der Waals surface area contributed by atoms with E-state index >= 15 is 0 Å². The number of anilines is 1. The summed E-state index contributed by atoms with van der Waals surface area (Å²) in [5.74, 6) is 1.28. The highest BCUT2D eigenvalue weighted by Crippen LogP contribution is 2.66. The van der Waals surface area contributed by atoms with Gasteiger partial charge in [-0.15, -0.1) is 0 Å². The Hall–Kier alpha value is -2.06. The van der Waals surface area contributed by atoms with Crippen LogP contribution >= 0.6 is 0 Å². The summed E-state index contributed by atoms with van der Waals surface area (Å²) < 4.78 is 18.6. The standard InChI is InChI=1S/C24H33BN2O5/c1-14(28)26-16-8-9-17(18(13-16)30-5)22(29)27-10-6-7-21(27)25-31-20-12-15-11-19(23(15,2)3)24(20,4)32-25/h8-9,13,15,19-21H,6-7,10-12H2,1-5H3,(H,26,28). The summed E-state index contributed by atoms with van der Waals surface area (Å²) >= 11 is 0. The molecular weight excluding hydrogens is 407 g/mol. The molecule has 5 unspecified atom stereocenters. The Morgan fingerprint density at radius 1 is 1.25 bits per heavy atom. The molecular formula is C24H33BN2O5. The first-order chi connectivity index (χ1) is 15.1. The molecule has 3 aliphatic carbocycles. The minimum absolute atomic E-state index is 0.0874. The summed E-state index contributed by atoms with van der Waals surface area (Å²) in [4.78, 5) is 26.8. The lowest BCUT2D eigenvalue weighted by molar-refractivity contribution is -0.199. The second kappa shape index (κ2) is 7.49. The normalized spacial score (nSPS) is 34.7. The van der Waals surface area contributed by atoms with Gasteiger partial charge in [0.05, 0.1) is 30.3 Å². The number of ether oxygens (including phenoxy) is 1. The number of likely N-dealkylation sites (tertiary alicyclic amines) is 1. The van der Waals surface area contributed by atoms with Gasteiger partial charge in [-0.25, -0.2) is 0 Å². The SMILES string of the molecule is COc1cc(NC(C)=O)ccc1C(=O)N1CCCC1B1OC2CC3CC(C3(C)C)C2(C)O1. The van der Waals surface area contributed by atoms with Crippen LogP contribution in [0.2, 0.25) is 0 Å². The monoisotopic (exact) mass is 440 g/mol. The van der Waals surface area contributed by atoms with Crippen molar-refractivity contribution in [2.45, 2.75) is 71.0 Å².